The Labute approximate surface area is 83.4 Å². The summed E-state index contributed by atoms with van der Waals surface area (Å²) in [6.07, 6.45) is 10.1. The van der Waals surface area contributed by atoms with Crippen molar-refractivity contribution in [1.82, 2.24) is 0 Å². The van der Waals surface area contributed by atoms with Crippen LogP contribution < -0.4 is 0 Å². The molecule has 0 aromatic heterocycles. The van der Waals surface area contributed by atoms with Gasteiger partial charge >= 0.3 is 0 Å². The van der Waals surface area contributed by atoms with Crippen LogP contribution in [0.1, 0.15) is 58.8 Å². The minimum Gasteiger partial charge on any atom is -0.0996 e. The van der Waals surface area contributed by atoms with E-state index in [0.29, 0.717) is 0 Å². The van der Waals surface area contributed by atoms with Crippen LogP contribution in [0.15, 0.2) is 12.2 Å². The third kappa shape index (κ3) is 2.59. The van der Waals surface area contributed by atoms with Crippen LogP contribution >= 0.6 is 0 Å². The van der Waals surface area contributed by atoms with Crippen LogP contribution in [0.3, 0.4) is 0 Å². The van der Waals surface area contributed by atoms with E-state index in [-0.39, 0.29) is 0 Å². The van der Waals surface area contributed by atoms with Crippen LogP contribution in [0.4, 0.5) is 0 Å². The van der Waals surface area contributed by atoms with Crippen molar-refractivity contribution >= 4 is 0 Å². The lowest BCUT2D eigenvalue weighted by Crippen LogP contribution is -2.05. The van der Waals surface area contributed by atoms with Crippen molar-refractivity contribution in [3.05, 3.63) is 12.2 Å². The highest BCUT2D eigenvalue weighted by molar-refractivity contribution is 5.09. The summed E-state index contributed by atoms with van der Waals surface area (Å²) in [4.78, 5) is 0. The van der Waals surface area contributed by atoms with Gasteiger partial charge in [-0.3, -0.25) is 0 Å². The predicted molar refractivity (Wildman–Crippen MR) is 59.8 cm³/mol. The molecule has 2 saturated carbocycles. The molecule has 0 aliphatic heterocycles. The second kappa shape index (κ2) is 5.47. The van der Waals surface area contributed by atoms with Crippen molar-refractivity contribution < 1.29 is 0 Å². The summed E-state index contributed by atoms with van der Waals surface area (Å²) in [7, 11) is 0. The molecule has 0 nitrogen and oxygen atoms in total. The Balaban J connectivity index is 0.000000396. The lowest BCUT2D eigenvalue weighted by molar-refractivity contribution is 0.399. The molecule has 0 bridgehead atoms. The number of hydrogen-bond donors (Lipinski definition) is 0. The molecular weight excluding hydrogens is 156 g/mol. The van der Waals surface area contributed by atoms with E-state index in [9.17, 15) is 0 Å². The van der Waals surface area contributed by atoms with Gasteiger partial charge in [-0.2, -0.15) is 0 Å². The highest BCUT2D eigenvalue weighted by atomic mass is 14.4. The molecule has 0 amide bonds. The summed E-state index contributed by atoms with van der Waals surface area (Å²) in [5.74, 6) is 1.96. The van der Waals surface area contributed by atoms with Crippen LogP contribution in [0.5, 0.6) is 0 Å². The zero-order valence-electron chi connectivity index (χ0n) is 9.31. The molecule has 2 aliphatic carbocycles. The molecule has 2 rings (SSSR count). The average Bonchev–Trinajstić information content (AvgIpc) is 2.44. The molecule has 13 heavy (non-hydrogen) atoms. The van der Waals surface area contributed by atoms with E-state index in [1.54, 1.807) is 5.57 Å². The zero-order chi connectivity index (χ0) is 9.68. The van der Waals surface area contributed by atoms with Gasteiger partial charge < -0.3 is 0 Å². The Hall–Kier alpha value is -0.260. The van der Waals surface area contributed by atoms with Gasteiger partial charge in [0.05, 0.1) is 0 Å². The average molecular weight is 180 g/mol. The quantitative estimate of drug-likeness (QED) is 0.479. The van der Waals surface area contributed by atoms with E-state index in [1.807, 2.05) is 13.8 Å². The largest absolute Gasteiger partial charge is 0.0996 e. The van der Waals surface area contributed by atoms with E-state index >= 15 is 0 Å². The van der Waals surface area contributed by atoms with Crippen molar-refractivity contribution in [3.8, 4) is 0 Å². The maximum Gasteiger partial charge on any atom is -0.0177 e. The molecule has 0 aromatic carbocycles. The molecular formula is C13H24. The Morgan fingerprint density at radius 3 is 2.46 bits per heavy atom. The first-order chi connectivity index (χ1) is 6.38. The SMILES string of the molecule is C=C1CCC2CCCCCC12.CC. The molecule has 2 aliphatic rings. The van der Waals surface area contributed by atoms with Gasteiger partial charge in [-0.05, 0) is 37.5 Å². The highest BCUT2D eigenvalue weighted by Crippen LogP contribution is 2.43. The van der Waals surface area contributed by atoms with Gasteiger partial charge in [0, 0.05) is 0 Å². The summed E-state index contributed by atoms with van der Waals surface area (Å²) in [5, 5.41) is 0. The summed E-state index contributed by atoms with van der Waals surface area (Å²) in [5.41, 5.74) is 1.57. The molecule has 76 valence electrons. The molecule has 0 radical (unpaired) electrons. The number of rotatable bonds is 0. The minimum absolute atomic E-state index is 0.928. The molecule has 0 heterocycles. The lowest BCUT2D eigenvalue weighted by atomic mass is 9.90. The monoisotopic (exact) mass is 180 g/mol. The first kappa shape index (κ1) is 10.8. The van der Waals surface area contributed by atoms with Crippen LogP contribution in [0.2, 0.25) is 0 Å². The van der Waals surface area contributed by atoms with Gasteiger partial charge in [0.25, 0.3) is 0 Å². The lowest BCUT2D eigenvalue weighted by Gasteiger charge is -2.15. The zero-order valence-corrected chi connectivity index (χ0v) is 9.31. The maximum atomic E-state index is 4.18. The standard InChI is InChI=1S/C11H18.C2H6/c1-9-7-8-10-5-3-2-4-6-11(9)10;1-2/h10-11H,1-8H2;1-2H3. The van der Waals surface area contributed by atoms with E-state index < -0.39 is 0 Å². The van der Waals surface area contributed by atoms with Gasteiger partial charge in [-0.1, -0.05) is 45.3 Å². The van der Waals surface area contributed by atoms with E-state index in [0.717, 1.165) is 11.8 Å². The number of allylic oxidation sites excluding steroid dienone is 1. The van der Waals surface area contributed by atoms with Crippen LogP contribution in [-0.4, -0.2) is 0 Å². The van der Waals surface area contributed by atoms with Gasteiger partial charge in [-0.15, -0.1) is 0 Å². The number of fused-ring (bicyclic) bond motifs is 1. The van der Waals surface area contributed by atoms with Crippen molar-refractivity contribution in [1.29, 1.82) is 0 Å². The number of hydrogen-bond acceptors (Lipinski definition) is 0. The Bertz CT molecular complexity index is 157. The highest BCUT2D eigenvalue weighted by Gasteiger charge is 2.30. The summed E-state index contributed by atoms with van der Waals surface area (Å²) in [6, 6.07) is 0. The van der Waals surface area contributed by atoms with Crippen LogP contribution in [0.25, 0.3) is 0 Å². The molecule has 2 fully saturated rings. The van der Waals surface area contributed by atoms with E-state index in [2.05, 4.69) is 6.58 Å². The van der Waals surface area contributed by atoms with Crippen molar-refractivity contribution in [2.45, 2.75) is 58.8 Å². The third-order valence-corrected chi connectivity index (χ3v) is 3.52. The van der Waals surface area contributed by atoms with Crippen molar-refractivity contribution in [2.75, 3.05) is 0 Å². The van der Waals surface area contributed by atoms with Crippen LogP contribution in [-0.2, 0) is 0 Å². The summed E-state index contributed by atoms with van der Waals surface area (Å²) < 4.78 is 0. The van der Waals surface area contributed by atoms with Gasteiger partial charge in [0.1, 0.15) is 0 Å². The van der Waals surface area contributed by atoms with Gasteiger partial charge in [0.2, 0.25) is 0 Å². The third-order valence-electron chi connectivity index (χ3n) is 3.52. The summed E-state index contributed by atoms with van der Waals surface area (Å²) in [6.45, 7) is 8.18. The Kier molecular flexibility index (Phi) is 4.55. The maximum absolute atomic E-state index is 4.18. The van der Waals surface area contributed by atoms with Crippen molar-refractivity contribution in [2.24, 2.45) is 11.8 Å². The van der Waals surface area contributed by atoms with E-state index in [1.165, 1.54) is 44.9 Å². The second-order valence-electron chi connectivity index (χ2n) is 4.20. The van der Waals surface area contributed by atoms with E-state index in [4.69, 9.17) is 0 Å². The fraction of sp³-hybridized carbons (Fsp3) is 0.846. The molecule has 2 unspecified atom stereocenters. The second-order valence-corrected chi connectivity index (χ2v) is 4.20. The van der Waals surface area contributed by atoms with Gasteiger partial charge in [0.15, 0.2) is 0 Å². The fourth-order valence-electron chi connectivity index (χ4n) is 2.82. The van der Waals surface area contributed by atoms with Gasteiger partial charge in [-0.25, -0.2) is 0 Å². The molecule has 0 heteroatoms. The topological polar surface area (TPSA) is 0 Å². The molecule has 0 N–H and O–H groups in total. The first-order valence-corrected chi connectivity index (χ1v) is 6.05. The Morgan fingerprint density at radius 1 is 1.00 bits per heavy atom. The first-order valence-electron chi connectivity index (χ1n) is 6.05. The predicted octanol–water partition coefficient (Wildman–Crippen LogP) is 4.56. The minimum atomic E-state index is 0.928. The molecule has 0 aromatic rings. The Morgan fingerprint density at radius 2 is 1.69 bits per heavy atom. The smallest absolute Gasteiger partial charge is 0.0177 e. The van der Waals surface area contributed by atoms with Crippen LogP contribution in [0, 0.1) is 11.8 Å². The summed E-state index contributed by atoms with van der Waals surface area (Å²) >= 11 is 0. The molecule has 0 spiro atoms. The molecule has 2 atom stereocenters. The fourth-order valence-corrected chi connectivity index (χ4v) is 2.82. The van der Waals surface area contributed by atoms with Crippen molar-refractivity contribution in [3.63, 3.8) is 0 Å². The molecule has 0 saturated heterocycles. The normalized spacial score (nSPS) is 32.9.